The summed E-state index contributed by atoms with van der Waals surface area (Å²) in [4.78, 5) is 2.17. The van der Waals surface area contributed by atoms with E-state index >= 15 is 0 Å². The summed E-state index contributed by atoms with van der Waals surface area (Å²) < 4.78 is 5.11. The van der Waals surface area contributed by atoms with Gasteiger partial charge in [-0.05, 0) is 13.5 Å². The maximum atomic E-state index is 5.11. The Balaban J connectivity index is 2.12. The third kappa shape index (κ3) is 1.45. The van der Waals surface area contributed by atoms with Crippen molar-refractivity contribution in [3.63, 3.8) is 0 Å². The van der Waals surface area contributed by atoms with Gasteiger partial charge in [-0.25, -0.2) is 0 Å². The lowest BCUT2D eigenvalue weighted by Crippen LogP contribution is -2.28. The van der Waals surface area contributed by atoms with Gasteiger partial charge in [0.15, 0.2) is 0 Å². The molecular formula is C5H11NO. The maximum absolute atomic E-state index is 5.11. The molecule has 0 aliphatic carbocycles. The predicted octanol–water partition coefficient (Wildman–Crippen LogP) is 0.296. The van der Waals surface area contributed by atoms with Gasteiger partial charge in [0.2, 0.25) is 0 Å². The molecule has 0 atom stereocenters. The van der Waals surface area contributed by atoms with Gasteiger partial charge < -0.3 is 4.74 Å². The van der Waals surface area contributed by atoms with Gasteiger partial charge in [-0.15, -0.1) is 0 Å². The summed E-state index contributed by atoms with van der Waals surface area (Å²) in [5.41, 5.74) is 0. The summed E-state index contributed by atoms with van der Waals surface area (Å²) in [5.74, 6) is 0. The number of rotatable bonds is 0. The predicted molar refractivity (Wildman–Crippen MR) is 28.1 cm³/mol. The molecule has 0 amide bonds. The number of nitrogens with zero attached hydrogens (tertiary/aromatic N) is 1. The van der Waals surface area contributed by atoms with Gasteiger partial charge in [0, 0.05) is 13.2 Å². The summed E-state index contributed by atoms with van der Waals surface area (Å²) in [7, 11) is 2.07. The minimum absolute atomic E-state index is 0.819. The Morgan fingerprint density at radius 1 is 1.57 bits per heavy atom. The second kappa shape index (κ2) is 2.28. The highest BCUT2D eigenvalue weighted by Crippen LogP contribution is 1.95. The van der Waals surface area contributed by atoms with E-state index in [1.54, 1.807) is 0 Å². The zero-order valence-corrected chi connectivity index (χ0v) is 4.68. The summed E-state index contributed by atoms with van der Waals surface area (Å²) in [6.07, 6.45) is 1.19. The lowest BCUT2D eigenvalue weighted by molar-refractivity contribution is 0.00119. The highest BCUT2D eigenvalue weighted by atomic mass is 16.5. The monoisotopic (exact) mass is 101 g/mol. The molecule has 7 heavy (non-hydrogen) atoms. The van der Waals surface area contributed by atoms with Crippen LogP contribution in [0.5, 0.6) is 0 Å². The standard InChI is InChI=1S/C5H11NO/c1-6-3-2-4-7-5-6/h2-5H2,1H3. The molecular weight excluding hydrogens is 90.1 g/mol. The summed E-state index contributed by atoms with van der Waals surface area (Å²) in [6, 6.07) is 0. The Hall–Kier alpha value is -0.0800. The molecule has 0 spiro atoms. The number of hydrogen-bond acceptors (Lipinski definition) is 2. The van der Waals surface area contributed by atoms with Crippen molar-refractivity contribution in [2.45, 2.75) is 6.42 Å². The molecule has 1 aliphatic rings. The van der Waals surface area contributed by atoms with E-state index in [0.29, 0.717) is 0 Å². The molecule has 2 heteroatoms. The van der Waals surface area contributed by atoms with Crippen molar-refractivity contribution in [2.24, 2.45) is 0 Å². The van der Waals surface area contributed by atoms with Crippen molar-refractivity contribution in [2.75, 3.05) is 26.9 Å². The van der Waals surface area contributed by atoms with Crippen LogP contribution in [0.15, 0.2) is 0 Å². The second-order valence-electron chi connectivity index (χ2n) is 1.97. The number of hydrogen-bond donors (Lipinski definition) is 0. The average molecular weight is 101 g/mol. The highest BCUT2D eigenvalue weighted by Gasteiger charge is 2.02. The molecule has 0 bridgehead atoms. The molecule has 0 aromatic carbocycles. The quantitative estimate of drug-likeness (QED) is 0.435. The van der Waals surface area contributed by atoms with Crippen LogP contribution in [0.4, 0.5) is 0 Å². The van der Waals surface area contributed by atoms with Crippen LogP contribution in [-0.4, -0.2) is 31.8 Å². The third-order valence-corrected chi connectivity index (χ3v) is 1.14. The Labute approximate surface area is 44.1 Å². The van der Waals surface area contributed by atoms with Gasteiger partial charge in [0.25, 0.3) is 0 Å². The van der Waals surface area contributed by atoms with Gasteiger partial charge in [0.05, 0.1) is 6.73 Å². The third-order valence-electron chi connectivity index (χ3n) is 1.14. The first-order chi connectivity index (χ1) is 3.39. The average Bonchev–Trinajstić information content (AvgIpc) is 1.69. The van der Waals surface area contributed by atoms with E-state index in [2.05, 4.69) is 11.9 Å². The highest BCUT2D eigenvalue weighted by molar-refractivity contribution is 4.49. The molecule has 0 unspecified atom stereocenters. The lowest BCUT2D eigenvalue weighted by atomic mass is 10.4. The first-order valence-electron chi connectivity index (χ1n) is 2.66. The van der Waals surface area contributed by atoms with E-state index in [9.17, 15) is 0 Å². The Morgan fingerprint density at radius 2 is 2.43 bits per heavy atom. The van der Waals surface area contributed by atoms with Crippen LogP contribution < -0.4 is 0 Å². The van der Waals surface area contributed by atoms with E-state index in [1.807, 2.05) is 0 Å². The van der Waals surface area contributed by atoms with Crippen LogP contribution in [0.2, 0.25) is 0 Å². The van der Waals surface area contributed by atoms with E-state index in [0.717, 1.165) is 13.3 Å². The second-order valence-corrected chi connectivity index (χ2v) is 1.97. The van der Waals surface area contributed by atoms with Gasteiger partial charge in [-0.2, -0.15) is 0 Å². The summed E-state index contributed by atoms with van der Waals surface area (Å²) >= 11 is 0. The van der Waals surface area contributed by atoms with Crippen LogP contribution in [0.3, 0.4) is 0 Å². The SMILES string of the molecule is CN1CCCOC1. The van der Waals surface area contributed by atoms with Crippen LogP contribution in [0.25, 0.3) is 0 Å². The lowest BCUT2D eigenvalue weighted by Gasteiger charge is -2.21. The van der Waals surface area contributed by atoms with Crippen molar-refractivity contribution in [3.8, 4) is 0 Å². The molecule has 1 saturated heterocycles. The molecule has 0 radical (unpaired) electrons. The molecule has 0 aromatic heterocycles. The molecule has 1 aliphatic heterocycles. The minimum atomic E-state index is 0.819. The molecule has 0 saturated carbocycles. The first-order valence-corrected chi connectivity index (χ1v) is 2.66. The molecule has 0 N–H and O–H groups in total. The topological polar surface area (TPSA) is 12.5 Å². The molecule has 42 valence electrons. The fourth-order valence-electron chi connectivity index (χ4n) is 0.721. The van der Waals surface area contributed by atoms with Crippen molar-refractivity contribution < 1.29 is 4.74 Å². The number of ether oxygens (including phenoxy) is 1. The van der Waals surface area contributed by atoms with Gasteiger partial charge >= 0.3 is 0 Å². The minimum Gasteiger partial charge on any atom is -0.366 e. The molecule has 1 heterocycles. The van der Waals surface area contributed by atoms with E-state index in [-0.39, 0.29) is 0 Å². The molecule has 1 fully saturated rings. The van der Waals surface area contributed by atoms with Crippen LogP contribution >= 0.6 is 0 Å². The Kier molecular flexibility index (Phi) is 1.65. The summed E-state index contributed by atoms with van der Waals surface area (Å²) in [5, 5.41) is 0. The van der Waals surface area contributed by atoms with E-state index in [1.165, 1.54) is 13.0 Å². The van der Waals surface area contributed by atoms with Gasteiger partial charge in [0.1, 0.15) is 0 Å². The zero-order chi connectivity index (χ0) is 5.11. The maximum Gasteiger partial charge on any atom is 0.0987 e. The fraction of sp³-hybridized carbons (Fsp3) is 1.00. The first kappa shape index (κ1) is 5.06. The van der Waals surface area contributed by atoms with Crippen molar-refractivity contribution in [3.05, 3.63) is 0 Å². The molecule has 1 rings (SSSR count). The normalized spacial score (nSPS) is 25.3. The molecule has 2 nitrogen and oxygen atoms in total. The van der Waals surface area contributed by atoms with Crippen LogP contribution in [-0.2, 0) is 4.74 Å². The molecule has 0 aromatic rings. The van der Waals surface area contributed by atoms with Crippen molar-refractivity contribution in [1.82, 2.24) is 4.90 Å². The zero-order valence-electron chi connectivity index (χ0n) is 4.68. The Morgan fingerprint density at radius 3 is 2.71 bits per heavy atom. The Bertz CT molecular complexity index is 50.0. The van der Waals surface area contributed by atoms with Crippen molar-refractivity contribution >= 4 is 0 Å². The fourth-order valence-corrected chi connectivity index (χ4v) is 0.721. The smallest absolute Gasteiger partial charge is 0.0987 e. The van der Waals surface area contributed by atoms with Crippen LogP contribution in [0.1, 0.15) is 6.42 Å². The van der Waals surface area contributed by atoms with Gasteiger partial charge in [-0.3, -0.25) is 4.90 Å². The van der Waals surface area contributed by atoms with Crippen LogP contribution in [0, 0.1) is 0 Å². The van der Waals surface area contributed by atoms with Crippen molar-refractivity contribution in [1.29, 1.82) is 0 Å². The van der Waals surface area contributed by atoms with E-state index < -0.39 is 0 Å². The van der Waals surface area contributed by atoms with Gasteiger partial charge in [-0.1, -0.05) is 0 Å². The van der Waals surface area contributed by atoms with E-state index in [4.69, 9.17) is 4.74 Å². The largest absolute Gasteiger partial charge is 0.366 e. The summed E-state index contributed by atoms with van der Waals surface area (Å²) in [6.45, 7) is 2.96.